The smallest absolute Gasteiger partial charge is 0.148 e. The second-order valence-corrected chi connectivity index (χ2v) is 9.73. The van der Waals surface area contributed by atoms with Crippen LogP contribution in [0, 0.1) is 5.41 Å². The van der Waals surface area contributed by atoms with Crippen molar-refractivity contribution in [2.24, 2.45) is 5.41 Å². The molecular weight excluding hydrogens is 246 g/mol. The maximum Gasteiger partial charge on any atom is 0.148 e. The number of rotatable bonds is 6. The zero-order valence-electron chi connectivity index (χ0n) is 13.4. The van der Waals surface area contributed by atoms with Crippen LogP contribution in [-0.4, -0.2) is 43.5 Å². The van der Waals surface area contributed by atoms with Gasteiger partial charge in [0.05, 0.1) is 5.75 Å². The van der Waals surface area contributed by atoms with Crippen molar-refractivity contribution in [3.05, 3.63) is 0 Å². The van der Waals surface area contributed by atoms with Gasteiger partial charge in [-0.25, -0.2) is 8.42 Å². The van der Waals surface area contributed by atoms with Gasteiger partial charge in [0, 0.05) is 24.4 Å². The van der Waals surface area contributed by atoms with Gasteiger partial charge in [0.2, 0.25) is 0 Å². The van der Waals surface area contributed by atoms with Crippen molar-refractivity contribution >= 4 is 9.84 Å². The molecule has 0 aliphatic carbocycles. The summed E-state index contributed by atoms with van der Waals surface area (Å²) in [6.07, 6.45) is 2.35. The van der Waals surface area contributed by atoms with E-state index >= 15 is 0 Å². The fraction of sp³-hybridized carbons (Fsp3) is 1.00. The van der Waals surface area contributed by atoms with Crippen molar-refractivity contribution in [1.82, 2.24) is 4.90 Å². The van der Waals surface area contributed by atoms with E-state index in [0.717, 1.165) is 6.42 Å². The van der Waals surface area contributed by atoms with Gasteiger partial charge in [-0.3, -0.25) is 4.90 Å². The lowest BCUT2D eigenvalue weighted by atomic mass is 9.80. The van der Waals surface area contributed by atoms with Crippen LogP contribution in [0.5, 0.6) is 0 Å². The zero-order chi connectivity index (χ0) is 14.8. The van der Waals surface area contributed by atoms with Crippen LogP contribution in [-0.2, 0) is 9.84 Å². The summed E-state index contributed by atoms with van der Waals surface area (Å²) in [5.41, 5.74) is 0.249. The largest absolute Gasteiger partial charge is 0.295 e. The van der Waals surface area contributed by atoms with Crippen molar-refractivity contribution in [3.8, 4) is 0 Å². The quantitative estimate of drug-likeness (QED) is 0.749. The van der Waals surface area contributed by atoms with Crippen LogP contribution in [0.4, 0.5) is 0 Å². The number of hydrogen-bond acceptors (Lipinski definition) is 3. The van der Waals surface area contributed by atoms with E-state index in [2.05, 4.69) is 53.4 Å². The second kappa shape index (κ2) is 5.91. The van der Waals surface area contributed by atoms with Crippen LogP contribution in [0.1, 0.15) is 54.9 Å². The molecule has 18 heavy (non-hydrogen) atoms. The van der Waals surface area contributed by atoms with Gasteiger partial charge in [-0.05, 0) is 39.5 Å². The highest BCUT2D eigenvalue weighted by Gasteiger charge is 2.33. The average molecular weight is 277 g/mol. The molecule has 0 atom stereocenters. The molecule has 110 valence electrons. The number of sulfone groups is 1. The van der Waals surface area contributed by atoms with Gasteiger partial charge in [0.25, 0.3) is 0 Å². The molecule has 0 aromatic carbocycles. The fourth-order valence-electron chi connectivity index (χ4n) is 2.92. The minimum atomic E-state index is -2.90. The molecule has 0 radical (unpaired) electrons. The predicted molar refractivity (Wildman–Crippen MR) is 79.7 cm³/mol. The maximum atomic E-state index is 11.3. The van der Waals surface area contributed by atoms with Crippen molar-refractivity contribution in [1.29, 1.82) is 0 Å². The van der Waals surface area contributed by atoms with Crippen LogP contribution in [0.15, 0.2) is 0 Å². The Bertz CT molecular complexity index is 350. The number of nitrogens with zero attached hydrogens (tertiary/aromatic N) is 1. The second-order valence-electron chi connectivity index (χ2n) is 7.47. The summed E-state index contributed by atoms with van der Waals surface area (Å²) in [5.74, 6) is 0.235. The monoisotopic (exact) mass is 277 g/mol. The fourth-order valence-corrected chi connectivity index (χ4v) is 3.45. The minimum Gasteiger partial charge on any atom is -0.295 e. The van der Waals surface area contributed by atoms with Crippen LogP contribution in [0.3, 0.4) is 0 Å². The Balaban J connectivity index is 4.88. The van der Waals surface area contributed by atoms with E-state index in [1.807, 2.05) is 0 Å². The Hall–Kier alpha value is -0.0900. The average Bonchev–Trinajstić information content (AvgIpc) is 1.94. The third-order valence-electron chi connectivity index (χ3n) is 3.07. The van der Waals surface area contributed by atoms with Crippen LogP contribution < -0.4 is 0 Å². The van der Waals surface area contributed by atoms with Crippen molar-refractivity contribution in [2.75, 3.05) is 18.6 Å². The van der Waals surface area contributed by atoms with E-state index in [4.69, 9.17) is 0 Å². The molecule has 0 aromatic heterocycles. The molecule has 0 saturated heterocycles. The van der Waals surface area contributed by atoms with Gasteiger partial charge in [0.15, 0.2) is 0 Å². The molecule has 0 saturated carbocycles. The molecule has 0 spiro atoms. The van der Waals surface area contributed by atoms with Crippen molar-refractivity contribution in [2.45, 2.75) is 66.5 Å². The molecule has 0 rings (SSSR count). The van der Waals surface area contributed by atoms with E-state index < -0.39 is 9.84 Å². The molecule has 0 bridgehead atoms. The Kier molecular flexibility index (Phi) is 5.88. The van der Waals surface area contributed by atoms with E-state index in [-0.39, 0.29) is 16.7 Å². The third-order valence-corrected chi connectivity index (χ3v) is 3.99. The zero-order valence-corrected chi connectivity index (χ0v) is 14.2. The summed E-state index contributed by atoms with van der Waals surface area (Å²) in [4.78, 5) is 2.30. The summed E-state index contributed by atoms with van der Waals surface area (Å²) < 4.78 is 22.7. The van der Waals surface area contributed by atoms with E-state index in [1.165, 1.54) is 6.26 Å². The summed E-state index contributed by atoms with van der Waals surface area (Å²) in [5, 5.41) is 0. The molecule has 0 heterocycles. The summed E-state index contributed by atoms with van der Waals surface area (Å²) in [6, 6.07) is 0.351. The molecule has 4 heteroatoms. The summed E-state index contributed by atoms with van der Waals surface area (Å²) in [7, 11) is -2.90. The highest BCUT2D eigenvalue weighted by atomic mass is 32.2. The van der Waals surface area contributed by atoms with Gasteiger partial charge in [-0.2, -0.15) is 0 Å². The van der Waals surface area contributed by atoms with Crippen LogP contribution >= 0.6 is 0 Å². The Morgan fingerprint density at radius 1 is 1.06 bits per heavy atom. The predicted octanol–water partition coefficient (Wildman–Crippen LogP) is 2.96. The molecule has 0 N–H and O–H groups in total. The van der Waals surface area contributed by atoms with E-state index in [9.17, 15) is 8.42 Å². The SMILES string of the molecule is CC(C)N(CCS(C)(=O)=O)C(C)(C)CC(C)(C)C. The normalized spacial score (nSPS) is 14.6. The highest BCUT2D eigenvalue weighted by molar-refractivity contribution is 7.90. The lowest BCUT2D eigenvalue weighted by Crippen LogP contribution is -2.51. The Morgan fingerprint density at radius 3 is 1.78 bits per heavy atom. The summed E-state index contributed by atoms with van der Waals surface area (Å²) in [6.45, 7) is 16.0. The first-order valence-corrected chi connectivity index (χ1v) is 8.75. The van der Waals surface area contributed by atoms with Crippen molar-refractivity contribution in [3.63, 3.8) is 0 Å². The first-order valence-electron chi connectivity index (χ1n) is 6.69. The molecule has 0 aromatic rings. The lowest BCUT2D eigenvalue weighted by molar-refractivity contribution is 0.0554. The topological polar surface area (TPSA) is 37.4 Å². The molecule has 0 amide bonds. The van der Waals surface area contributed by atoms with Gasteiger partial charge in [-0.1, -0.05) is 20.8 Å². The first-order chi connectivity index (χ1) is 7.75. The first kappa shape index (κ1) is 17.9. The molecule has 0 unspecified atom stereocenters. The summed E-state index contributed by atoms with van der Waals surface area (Å²) >= 11 is 0. The van der Waals surface area contributed by atoms with Gasteiger partial charge in [-0.15, -0.1) is 0 Å². The highest BCUT2D eigenvalue weighted by Crippen LogP contribution is 2.32. The molecule has 0 aliphatic heterocycles. The van der Waals surface area contributed by atoms with Gasteiger partial charge in [0.1, 0.15) is 9.84 Å². The molecule has 0 fully saturated rings. The third kappa shape index (κ3) is 7.37. The minimum absolute atomic E-state index is 0.0110. The van der Waals surface area contributed by atoms with Gasteiger partial charge >= 0.3 is 0 Å². The molecule has 0 aliphatic rings. The molecule has 3 nitrogen and oxygen atoms in total. The number of hydrogen-bond donors (Lipinski definition) is 0. The standard InChI is InChI=1S/C14H31NO2S/c1-12(2)15(9-10-18(8,16)17)14(6,7)11-13(3,4)5/h12H,9-11H2,1-8H3. The van der Waals surface area contributed by atoms with E-state index in [0.29, 0.717) is 12.6 Å². The van der Waals surface area contributed by atoms with Crippen LogP contribution in [0.25, 0.3) is 0 Å². The van der Waals surface area contributed by atoms with Gasteiger partial charge < -0.3 is 0 Å². The van der Waals surface area contributed by atoms with E-state index in [1.54, 1.807) is 0 Å². The lowest BCUT2D eigenvalue weighted by Gasteiger charge is -2.44. The molecular formula is C14H31NO2S. The Morgan fingerprint density at radius 2 is 1.50 bits per heavy atom. The van der Waals surface area contributed by atoms with Crippen LogP contribution in [0.2, 0.25) is 0 Å². The van der Waals surface area contributed by atoms with Crippen molar-refractivity contribution < 1.29 is 8.42 Å². The maximum absolute atomic E-state index is 11.3. The Labute approximate surface area is 114 Å².